The summed E-state index contributed by atoms with van der Waals surface area (Å²) >= 11 is 0. The predicted molar refractivity (Wildman–Crippen MR) is 64.4 cm³/mol. The van der Waals surface area contributed by atoms with Crippen LogP contribution in [-0.2, 0) is 4.79 Å². The van der Waals surface area contributed by atoms with E-state index in [2.05, 4.69) is 0 Å². The number of aliphatic carboxylic acids is 1. The Balaban J connectivity index is 3.07. The van der Waals surface area contributed by atoms with E-state index in [0.717, 1.165) is 11.1 Å². The fourth-order valence-corrected chi connectivity index (χ4v) is 2.02. The lowest BCUT2D eigenvalue weighted by molar-refractivity contribution is -0.143. The van der Waals surface area contributed by atoms with Crippen LogP contribution in [0.3, 0.4) is 0 Å². The lowest BCUT2D eigenvalue weighted by Gasteiger charge is -2.28. The second kappa shape index (κ2) is 5.12. The highest BCUT2D eigenvalue weighted by Crippen LogP contribution is 2.27. The van der Waals surface area contributed by atoms with Gasteiger partial charge >= 0.3 is 5.97 Å². The number of carboxylic acids is 1. The Labute approximate surface area is 96.7 Å². The van der Waals surface area contributed by atoms with Crippen LogP contribution in [0.5, 0.6) is 0 Å². The molecule has 1 aromatic carbocycles. The van der Waals surface area contributed by atoms with Crippen molar-refractivity contribution in [2.45, 2.75) is 19.9 Å². The Kier molecular flexibility index (Phi) is 4.07. The van der Waals surface area contributed by atoms with Gasteiger partial charge in [-0.2, -0.15) is 0 Å². The minimum absolute atomic E-state index is 0.0857. The molecular formula is C13H19NO2. The molecule has 88 valence electrons. The summed E-state index contributed by atoms with van der Waals surface area (Å²) < 4.78 is 0. The maximum atomic E-state index is 11.1. The smallest absolute Gasteiger partial charge is 0.308 e. The van der Waals surface area contributed by atoms with Crippen LogP contribution in [0.25, 0.3) is 0 Å². The number of carbonyl (C=O) groups is 1. The van der Waals surface area contributed by atoms with Crippen molar-refractivity contribution < 1.29 is 9.90 Å². The first kappa shape index (κ1) is 12.7. The summed E-state index contributed by atoms with van der Waals surface area (Å²) in [5.74, 6) is -1.18. The molecule has 0 amide bonds. The van der Waals surface area contributed by atoms with Crippen molar-refractivity contribution in [3.05, 3.63) is 35.4 Å². The maximum absolute atomic E-state index is 11.1. The van der Waals surface area contributed by atoms with Gasteiger partial charge in [-0.05, 0) is 26.6 Å². The van der Waals surface area contributed by atoms with Crippen molar-refractivity contribution in [3.63, 3.8) is 0 Å². The van der Waals surface area contributed by atoms with Gasteiger partial charge in [-0.3, -0.25) is 4.79 Å². The van der Waals surface area contributed by atoms with Crippen molar-refractivity contribution in [1.82, 2.24) is 4.90 Å². The van der Waals surface area contributed by atoms with E-state index >= 15 is 0 Å². The van der Waals surface area contributed by atoms with Crippen molar-refractivity contribution in [2.24, 2.45) is 5.92 Å². The van der Waals surface area contributed by atoms with Gasteiger partial charge < -0.3 is 10.0 Å². The van der Waals surface area contributed by atoms with Crippen LogP contribution < -0.4 is 0 Å². The topological polar surface area (TPSA) is 40.5 Å². The molecule has 1 aromatic rings. The molecule has 0 heterocycles. The largest absolute Gasteiger partial charge is 0.481 e. The monoisotopic (exact) mass is 221 g/mol. The molecule has 0 bridgehead atoms. The number of hydrogen-bond donors (Lipinski definition) is 1. The zero-order valence-corrected chi connectivity index (χ0v) is 10.3. The van der Waals surface area contributed by atoms with Gasteiger partial charge in [0.05, 0.1) is 5.92 Å². The van der Waals surface area contributed by atoms with Crippen molar-refractivity contribution in [2.75, 3.05) is 14.1 Å². The maximum Gasteiger partial charge on any atom is 0.308 e. The van der Waals surface area contributed by atoms with Crippen molar-refractivity contribution in [1.29, 1.82) is 0 Å². The molecular weight excluding hydrogens is 202 g/mol. The third kappa shape index (κ3) is 2.83. The number of aryl methyl sites for hydroxylation is 1. The number of nitrogens with zero attached hydrogens (tertiary/aromatic N) is 1. The van der Waals surface area contributed by atoms with Gasteiger partial charge in [0.1, 0.15) is 0 Å². The average molecular weight is 221 g/mol. The number of benzene rings is 1. The molecule has 0 radical (unpaired) electrons. The molecule has 0 fully saturated rings. The average Bonchev–Trinajstić information content (AvgIpc) is 2.17. The Hall–Kier alpha value is -1.35. The van der Waals surface area contributed by atoms with E-state index in [1.54, 1.807) is 6.92 Å². The van der Waals surface area contributed by atoms with E-state index in [1.807, 2.05) is 50.2 Å². The first-order chi connectivity index (χ1) is 7.43. The summed E-state index contributed by atoms with van der Waals surface area (Å²) in [5, 5.41) is 9.11. The second-order valence-corrected chi connectivity index (χ2v) is 4.45. The second-order valence-electron chi connectivity index (χ2n) is 4.45. The number of carboxylic acid groups (broad SMARTS) is 1. The van der Waals surface area contributed by atoms with Gasteiger partial charge in [0.25, 0.3) is 0 Å². The molecule has 0 saturated carbocycles. The van der Waals surface area contributed by atoms with E-state index in [9.17, 15) is 4.79 Å². The van der Waals surface area contributed by atoms with E-state index in [-0.39, 0.29) is 6.04 Å². The first-order valence-corrected chi connectivity index (χ1v) is 5.39. The third-order valence-electron chi connectivity index (χ3n) is 2.80. The van der Waals surface area contributed by atoms with Crippen LogP contribution in [0.15, 0.2) is 24.3 Å². The molecule has 3 heteroatoms. The third-order valence-corrected chi connectivity index (χ3v) is 2.80. The van der Waals surface area contributed by atoms with Crippen LogP contribution in [0.4, 0.5) is 0 Å². The Morgan fingerprint density at radius 2 is 2.00 bits per heavy atom. The van der Waals surface area contributed by atoms with Crippen LogP contribution in [0.2, 0.25) is 0 Å². The Morgan fingerprint density at radius 1 is 1.38 bits per heavy atom. The molecule has 0 aliphatic heterocycles. The minimum atomic E-state index is -0.764. The highest BCUT2D eigenvalue weighted by atomic mass is 16.4. The lowest BCUT2D eigenvalue weighted by atomic mass is 9.93. The summed E-state index contributed by atoms with van der Waals surface area (Å²) in [7, 11) is 3.82. The highest BCUT2D eigenvalue weighted by Gasteiger charge is 2.26. The summed E-state index contributed by atoms with van der Waals surface area (Å²) in [6, 6.07) is 7.93. The van der Waals surface area contributed by atoms with Gasteiger partial charge in [0.15, 0.2) is 0 Å². The fraction of sp³-hybridized carbons (Fsp3) is 0.462. The number of rotatable bonds is 4. The van der Waals surface area contributed by atoms with Gasteiger partial charge in [0, 0.05) is 6.04 Å². The highest BCUT2D eigenvalue weighted by molar-refractivity contribution is 5.70. The molecule has 0 aliphatic carbocycles. The van der Waals surface area contributed by atoms with Gasteiger partial charge in [0.2, 0.25) is 0 Å². The zero-order chi connectivity index (χ0) is 12.3. The molecule has 2 atom stereocenters. The van der Waals surface area contributed by atoms with Crippen molar-refractivity contribution >= 4 is 5.97 Å². The normalized spacial score (nSPS) is 14.8. The van der Waals surface area contributed by atoms with E-state index in [0.29, 0.717) is 0 Å². The van der Waals surface area contributed by atoms with E-state index < -0.39 is 11.9 Å². The Morgan fingerprint density at radius 3 is 2.44 bits per heavy atom. The molecule has 2 unspecified atom stereocenters. The summed E-state index contributed by atoms with van der Waals surface area (Å²) in [6.45, 7) is 3.76. The van der Waals surface area contributed by atoms with Gasteiger partial charge in [-0.1, -0.05) is 36.8 Å². The zero-order valence-electron chi connectivity index (χ0n) is 10.3. The SMILES string of the molecule is Cc1cccc(C(C(C)C(=O)O)N(C)C)c1. The molecule has 0 aliphatic rings. The molecule has 0 saturated heterocycles. The molecule has 0 spiro atoms. The van der Waals surface area contributed by atoms with Gasteiger partial charge in [-0.15, -0.1) is 0 Å². The van der Waals surface area contributed by atoms with Crippen LogP contribution in [-0.4, -0.2) is 30.1 Å². The van der Waals surface area contributed by atoms with Crippen LogP contribution >= 0.6 is 0 Å². The predicted octanol–water partition coefficient (Wildman–Crippen LogP) is 2.32. The first-order valence-electron chi connectivity index (χ1n) is 5.39. The van der Waals surface area contributed by atoms with E-state index in [1.165, 1.54) is 0 Å². The number of hydrogen-bond acceptors (Lipinski definition) is 2. The molecule has 3 nitrogen and oxygen atoms in total. The molecule has 0 aromatic heterocycles. The molecule has 16 heavy (non-hydrogen) atoms. The lowest BCUT2D eigenvalue weighted by Crippen LogP contribution is -2.30. The van der Waals surface area contributed by atoms with Crippen LogP contribution in [0.1, 0.15) is 24.1 Å². The van der Waals surface area contributed by atoms with Crippen molar-refractivity contribution in [3.8, 4) is 0 Å². The Bertz CT molecular complexity index is 374. The summed E-state index contributed by atoms with van der Waals surface area (Å²) in [6.07, 6.45) is 0. The molecule has 1 N–H and O–H groups in total. The quantitative estimate of drug-likeness (QED) is 0.848. The fourth-order valence-electron chi connectivity index (χ4n) is 2.02. The summed E-state index contributed by atoms with van der Waals surface area (Å²) in [5.41, 5.74) is 2.21. The van der Waals surface area contributed by atoms with E-state index in [4.69, 9.17) is 5.11 Å². The molecule has 1 rings (SSSR count). The summed E-state index contributed by atoms with van der Waals surface area (Å²) in [4.78, 5) is 13.0. The standard InChI is InChI=1S/C13H19NO2/c1-9-6-5-7-11(8-9)12(14(3)4)10(2)13(15)16/h5-8,10,12H,1-4H3,(H,15,16). The van der Waals surface area contributed by atoms with Crippen LogP contribution in [0, 0.1) is 12.8 Å². The van der Waals surface area contributed by atoms with Gasteiger partial charge in [-0.25, -0.2) is 0 Å². The minimum Gasteiger partial charge on any atom is -0.481 e.